The highest BCUT2D eigenvalue weighted by atomic mass is 16.5. The van der Waals surface area contributed by atoms with Crippen molar-refractivity contribution < 1.29 is 9.53 Å². The average Bonchev–Trinajstić information content (AvgIpc) is 3.22. The van der Waals surface area contributed by atoms with Crippen LogP contribution in [0.3, 0.4) is 0 Å². The second-order valence-electron chi connectivity index (χ2n) is 8.96. The van der Waals surface area contributed by atoms with Crippen LogP contribution in [0, 0.1) is 0 Å². The molecule has 1 amide bonds. The minimum absolute atomic E-state index is 0.0245. The molecule has 0 spiro atoms. The van der Waals surface area contributed by atoms with E-state index in [2.05, 4.69) is 41.9 Å². The van der Waals surface area contributed by atoms with Crippen molar-refractivity contribution in [1.29, 1.82) is 0 Å². The van der Waals surface area contributed by atoms with Crippen molar-refractivity contribution in [3.8, 4) is 5.75 Å². The molecule has 0 aliphatic heterocycles. The zero-order chi connectivity index (χ0) is 23.9. The number of carbonyl (C=O) groups is 1. The first kappa shape index (κ1) is 23.6. The Bertz CT molecular complexity index is 1210. The third-order valence-corrected chi connectivity index (χ3v) is 6.06. The number of para-hydroxylation sites is 2. The fraction of sp³-hybridized carbons (Fsp3) is 0.310. The first-order chi connectivity index (χ1) is 16.5. The maximum absolute atomic E-state index is 12.6. The third kappa shape index (κ3) is 5.84. The molecule has 3 aromatic carbocycles. The first-order valence-corrected chi connectivity index (χ1v) is 12.0. The number of hydrogen-bond acceptors (Lipinski definition) is 3. The molecule has 5 heteroatoms. The molecule has 34 heavy (non-hydrogen) atoms. The van der Waals surface area contributed by atoms with E-state index in [0.29, 0.717) is 25.5 Å². The van der Waals surface area contributed by atoms with Crippen LogP contribution in [-0.4, -0.2) is 22.1 Å². The van der Waals surface area contributed by atoms with Crippen molar-refractivity contribution in [2.24, 2.45) is 0 Å². The van der Waals surface area contributed by atoms with E-state index in [-0.39, 0.29) is 11.9 Å². The minimum atomic E-state index is -0.207. The van der Waals surface area contributed by atoms with E-state index in [1.807, 2.05) is 67.6 Å². The molecule has 1 heterocycles. The van der Waals surface area contributed by atoms with Gasteiger partial charge in [0.15, 0.2) is 0 Å². The Hall–Kier alpha value is -3.60. The van der Waals surface area contributed by atoms with E-state index in [9.17, 15) is 4.79 Å². The lowest BCUT2D eigenvalue weighted by atomic mass is 10.0. The molecule has 0 aliphatic rings. The molecule has 5 nitrogen and oxygen atoms in total. The number of aromatic nitrogens is 2. The molecule has 0 fully saturated rings. The van der Waals surface area contributed by atoms with Crippen LogP contribution in [0.5, 0.6) is 5.75 Å². The van der Waals surface area contributed by atoms with Gasteiger partial charge in [-0.15, -0.1) is 0 Å². The van der Waals surface area contributed by atoms with Crippen molar-refractivity contribution in [2.45, 2.75) is 52.1 Å². The smallest absolute Gasteiger partial charge is 0.220 e. The molecule has 1 aromatic heterocycles. The van der Waals surface area contributed by atoms with E-state index in [1.54, 1.807) is 0 Å². The number of carbonyl (C=O) groups excluding carboxylic acids is 1. The fourth-order valence-electron chi connectivity index (χ4n) is 4.14. The first-order valence-electron chi connectivity index (χ1n) is 12.0. The maximum Gasteiger partial charge on any atom is 0.220 e. The molecular formula is C29H33N3O2. The summed E-state index contributed by atoms with van der Waals surface area (Å²) in [5.41, 5.74) is 4.42. The predicted molar refractivity (Wildman–Crippen MR) is 137 cm³/mol. The lowest BCUT2D eigenvalue weighted by Crippen LogP contribution is -2.29. The average molecular weight is 456 g/mol. The highest BCUT2D eigenvalue weighted by Crippen LogP contribution is 2.22. The van der Waals surface area contributed by atoms with Crippen LogP contribution in [0.15, 0.2) is 78.9 Å². The summed E-state index contributed by atoms with van der Waals surface area (Å²) in [6.07, 6.45) is 1.17. The third-order valence-electron chi connectivity index (χ3n) is 6.06. The van der Waals surface area contributed by atoms with Crippen molar-refractivity contribution in [3.05, 3.63) is 95.8 Å². The Labute approximate surface area is 201 Å². The Morgan fingerprint density at radius 1 is 0.941 bits per heavy atom. The summed E-state index contributed by atoms with van der Waals surface area (Å²) >= 11 is 0. The van der Waals surface area contributed by atoms with Gasteiger partial charge in [-0.1, -0.05) is 68.4 Å². The van der Waals surface area contributed by atoms with Gasteiger partial charge in [0.2, 0.25) is 5.91 Å². The number of nitrogens with zero attached hydrogens (tertiary/aromatic N) is 2. The van der Waals surface area contributed by atoms with Crippen LogP contribution in [-0.2, 0) is 17.8 Å². The summed E-state index contributed by atoms with van der Waals surface area (Å²) in [5, 5.41) is 3.13. The molecule has 1 unspecified atom stereocenters. The van der Waals surface area contributed by atoms with Crippen LogP contribution in [0.25, 0.3) is 11.0 Å². The van der Waals surface area contributed by atoms with Crippen molar-refractivity contribution in [1.82, 2.24) is 14.9 Å². The van der Waals surface area contributed by atoms with Crippen molar-refractivity contribution in [2.75, 3.05) is 6.61 Å². The van der Waals surface area contributed by atoms with Crippen LogP contribution in [0.4, 0.5) is 0 Å². The summed E-state index contributed by atoms with van der Waals surface area (Å²) in [6.45, 7) is 7.52. The number of fused-ring (bicyclic) bond motifs is 1. The maximum atomic E-state index is 12.6. The number of imidazole rings is 1. The summed E-state index contributed by atoms with van der Waals surface area (Å²) in [6, 6.07) is 26.2. The number of aryl methyl sites for hydroxylation is 1. The molecular weight excluding hydrogens is 422 g/mol. The number of ether oxygens (including phenoxy) is 1. The molecule has 0 saturated heterocycles. The number of benzene rings is 3. The predicted octanol–water partition coefficient (Wildman–Crippen LogP) is 6.05. The van der Waals surface area contributed by atoms with Crippen LogP contribution in [0.2, 0.25) is 0 Å². The fourth-order valence-corrected chi connectivity index (χ4v) is 4.14. The van der Waals surface area contributed by atoms with Crippen molar-refractivity contribution in [3.63, 3.8) is 0 Å². The minimum Gasteiger partial charge on any atom is -0.492 e. The number of hydrogen-bond donors (Lipinski definition) is 1. The number of nitrogens with one attached hydrogen (secondary N) is 1. The van der Waals surface area contributed by atoms with Gasteiger partial charge in [-0.3, -0.25) is 4.79 Å². The van der Waals surface area contributed by atoms with E-state index >= 15 is 0 Å². The van der Waals surface area contributed by atoms with Gasteiger partial charge in [0, 0.05) is 6.42 Å². The Morgan fingerprint density at radius 2 is 1.65 bits per heavy atom. The monoisotopic (exact) mass is 455 g/mol. The second kappa shape index (κ2) is 11.0. The van der Waals surface area contributed by atoms with E-state index < -0.39 is 0 Å². The topological polar surface area (TPSA) is 56.1 Å². The summed E-state index contributed by atoms with van der Waals surface area (Å²) < 4.78 is 8.18. The molecule has 0 bridgehead atoms. The van der Waals surface area contributed by atoms with Gasteiger partial charge < -0.3 is 14.6 Å². The lowest BCUT2D eigenvalue weighted by Gasteiger charge is -2.17. The molecule has 0 aliphatic carbocycles. The SMILES string of the molecule is CC(C)c1ccc(OCCn2c(C(C)NC(=O)CCc3ccccc3)nc3ccccc32)cc1. The number of rotatable bonds is 10. The molecule has 1 N–H and O–H groups in total. The molecule has 0 saturated carbocycles. The Morgan fingerprint density at radius 3 is 2.38 bits per heavy atom. The standard InChI is InChI=1S/C29H33N3O2/c1-21(2)24-14-16-25(17-15-24)34-20-19-32-27-12-8-7-11-26(27)31-29(32)22(3)30-28(33)18-13-23-9-5-4-6-10-23/h4-12,14-17,21-22H,13,18-20H2,1-3H3,(H,30,33). The summed E-state index contributed by atoms with van der Waals surface area (Å²) in [5.74, 6) is 2.22. The largest absolute Gasteiger partial charge is 0.492 e. The zero-order valence-electron chi connectivity index (χ0n) is 20.2. The van der Waals surface area contributed by atoms with Gasteiger partial charge in [0.05, 0.1) is 23.6 Å². The highest BCUT2D eigenvalue weighted by Gasteiger charge is 2.18. The van der Waals surface area contributed by atoms with E-state index in [1.165, 1.54) is 5.56 Å². The van der Waals surface area contributed by atoms with Gasteiger partial charge in [-0.05, 0) is 54.7 Å². The summed E-state index contributed by atoms with van der Waals surface area (Å²) in [4.78, 5) is 17.5. The summed E-state index contributed by atoms with van der Waals surface area (Å²) in [7, 11) is 0. The molecule has 4 rings (SSSR count). The Balaban J connectivity index is 1.42. The van der Waals surface area contributed by atoms with Crippen molar-refractivity contribution >= 4 is 16.9 Å². The van der Waals surface area contributed by atoms with Gasteiger partial charge >= 0.3 is 0 Å². The van der Waals surface area contributed by atoms with Gasteiger partial charge in [-0.25, -0.2) is 4.98 Å². The number of amides is 1. The van der Waals surface area contributed by atoms with Gasteiger partial charge in [-0.2, -0.15) is 0 Å². The lowest BCUT2D eigenvalue weighted by molar-refractivity contribution is -0.121. The molecule has 0 radical (unpaired) electrons. The van der Waals surface area contributed by atoms with E-state index in [4.69, 9.17) is 9.72 Å². The molecule has 176 valence electrons. The van der Waals surface area contributed by atoms with E-state index in [0.717, 1.165) is 34.6 Å². The Kier molecular flexibility index (Phi) is 7.63. The zero-order valence-corrected chi connectivity index (χ0v) is 20.2. The van der Waals surface area contributed by atoms with Gasteiger partial charge in [0.1, 0.15) is 18.2 Å². The normalized spacial score (nSPS) is 12.1. The van der Waals surface area contributed by atoms with Crippen LogP contribution in [0.1, 0.15) is 56.1 Å². The van der Waals surface area contributed by atoms with Crippen LogP contribution < -0.4 is 10.1 Å². The van der Waals surface area contributed by atoms with Crippen LogP contribution >= 0.6 is 0 Å². The van der Waals surface area contributed by atoms with Gasteiger partial charge in [0.25, 0.3) is 0 Å². The quantitative estimate of drug-likeness (QED) is 0.317. The molecule has 1 atom stereocenters. The molecule has 4 aromatic rings. The second-order valence-corrected chi connectivity index (χ2v) is 8.96. The highest BCUT2D eigenvalue weighted by molar-refractivity contribution is 5.78.